The van der Waals surface area contributed by atoms with Crippen LogP contribution < -0.4 is 4.90 Å². The molecule has 52 heavy (non-hydrogen) atoms. The fraction of sp³-hybridized carbons (Fsp3) is 0.0588. The average molecular weight is 664 g/mol. The minimum atomic E-state index is -0.0871. The van der Waals surface area contributed by atoms with E-state index in [-0.39, 0.29) is 5.41 Å². The standard InChI is InChI=1S/C51H37N/c1-51(2)47-30-29-41(33-46(47)45-31-38-16-6-7-17-39(38)32-48(45)51)52(49-24-12-18-34-15-8-9-21-42(34)49)40-27-25-36(26-28-40)44-23-11-20-37-19-10-22-43(50(37)44)35-13-4-3-5-14-35/h3-33H,1-2H3. The van der Waals surface area contributed by atoms with Gasteiger partial charge < -0.3 is 4.90 Å². The van der Waals surface area contributed by atoms with Crippen LogP contribution in [0.5, 0.6) is 0 Å². The molecule has 10 rings (SSSR count). The molecule has 0 unspecified atom stereocenters. The number of anilines is 3. The van der Waals surface area contributed by atoms with Gasteiger partial charge in [-0.2, -0.15) is 0 Å². The third-order valence-electron chi connectivity index (χ3n) is 11.2. The van der Waals surface area contributed by atoms with E-state index in [1.807, 2.05) is 0 Å². The Labute approximate surface area is 305 Å². The number of benzene rings is 9. The van der Waals surface area contributed by atoms with Gasteiger partial charge in [0.25, 0.3) is 0 Å². The minimum Gasteiger partial charge on any atom is -0.310 e. The lowest BCUT2D eigenvalue weighted by molar-refractivity contribution is 0.661. The summed E-state index contributed by atoms with van der Waals surface area (Å²) in [6.45, 7) is 4.73. The van der Waals surface area contributed by atoms with Gasteiger partial charge in [0.05, 0.1) is 5.69 Å². The molecule has 246 valence electrons. The zero-order valence-electron chi connectivity index (χ0n) is 29.3. The summed E-state index contributed by atoms with van der Waals surface area (Å²) in [4.78, 5) is 2.44. The fourth-order valence-corrected chi connectivity index (χ4v) is 8.62. The summed E-state index contributed by atoms with van der Waals surface area (Å²) >= 11 is 0. The molecule has 1 nitrogen and oxygen atoms in total. The lowest BCUT2D eigenvalue weighted by Gasteiger charge is -2.28. The maximum absolute atomic E-state index is 2.44. The zero-order chi connectivity index (χ0) is 34.8. The van der Waals surface area contributed by atoms with Crippen LogP contribution in [-0.4, -0.2) is 0 Å². The highest BCUT2D eigenvalue weighted by Crippen LogP contribution is 2.52. The topological polar surface area (TPSA) is 3.24 Å². The number of fused-ring (bicyclic) bond motifs is 6. The van der Waals surface area contributed by atoms with Gasteiger partial charge in [0.15, 0.2) is 0 Å². The first-order valence-electron chi connectivity index (χ1n) is 18.2. The number of hydrogen-bond donors (Lipinski definition) is 0. The Morgan fingerprint density at radius 3 is 1.67 bits per heavy atom. The molecule has 0 aliphatic heterocycles. The van der Waals surface area contributed by atoms with Gasteiger partial charge in [-0.1, -0.05) is 159 Å². The Balaban J connectivity index is 1.15. The van der Waals surface area contributed by atoms with E-state index in [0.29, 0.717) is 0 Å². The second-order valence-corrected chi connectivity index (χ2v) is 14.6. The van der Waals surface area contributed by atoms with Crippen molar-refractivity contribution in [2.24, 2.45) is 0 Å². The zero-order valence-corrected chi connectivity index (χ0v) is 29.3. The predicted octanol–water partition coefficient (Wildman–Crippen LogP) is 14.3. The maximum atomic E-state index is 2.44. The summed E-state index contributed by atoms with van der Waals surface area (Å²) in [5, 5.41) is 7.55. The van der Waals surface area contributed by atoms with Crippen molar-refractivity contribution in [2.45, 2.75) is 19.3 Å². The highest BCUT2D eigenvalue weighted by Gasteiger charge is 2.36. The molecular weight excluding hydrogens is 627 g/mol. The molecule has 0 N–H and O–H groups in total. The first kappa shape index (κ1) is 30.4. The second-order valence-electron chi connectivity index (χ2n) is 14.6. The van der Waals surface area contributed by atoms with Gasteiger partial charge in [0.1, 0.15) is 0 Å². The molecule has 0 spiro atoms. The number of hydrogen-bond acceptors (Lipinski definition) is 1. The normalized spacial score (nSPS) is 13.0. The maximum Gasteiger partial charge on any atom is 0.0540 e. The van der Waals surface area contributed by atoms with Gasteiger partial charge >= 0.3 is 0 Å². The summed E-state index contributed by atoms with van der Waals surface area (Å²) < 4.78 is 0. The summed E-state index contributed by atoms with van der Waals surface area (Å²) in [6, 6.07) is 69.2. The Hall–Kier alpha value is -6.44. The quantitative estimate of drug-likeness (QED) is 0.177. The van der Waals surface area contributed by atoms with E-state index in [1.165, 1.54) is 82.5 Å². The van der Waals surface area contributed by atoms with Crippen molar-refractivity contribution in [1.82, 2.24) is 0 Å². The van der Waals surface area contributed by atoms with Gasteiger partial charge in [-0.05, 0) is 114 Å². The van der Waals surface area contributed by atoms with E-state index in [0.717, 1.165) is 11.4 Å². The van der Waals surface area contributed by atoms with Crippen LogP contribution >= 0.6 is 0 Å². The molecule has 1 aliphatic carbocycles. The summed E-state index contributed by atoms with van der Waals surface area (Å²) in [7, 11) is 0. The van der Waals surface area contributed by atoms with Gasteiger partial charge in [-0.15, -0.1) is 0 Å². The first-order chi connectivity index (χ1) is 25.5. The number of nitrogens with zero attached hydrogens (tertiary/aromatic N) is 1. The Bertz CT molecular complexity index is 2800. The van der Waals surface area contributed by atoms with Crippen LogP contribution in [0.25, 0.3) is 65.7 Å². The third-order valence-corrected chi connectivity index (χ3v) is 11.2. The smallest absolute Gasteiger partial charge is 0.0540 e. The molecule has 0 fully saturated rings. The van der Waals surface area contributed by atoms with E-state index in [9.17, 15) is 0 Å². The molecule has 0 aromatic heterocycles. The summed E-state index contributed by atoms with van der Waals surface area (Å²) in [5.74, 6) is 0. The van der Waals surface area contributed by atoms with Crippen molar-refractivity contribution in [3.05, 3.63) is 199 Å². The van der Waals surface area contributed by atoms with Gasteiger partial charge in [-0.25, -0.2) is 0 Å². The molecule has 0 radical (unpaired) electrons. The Morgan fingerprint density at radius 2 is 0.923 bits per heavy atom. The second kappa shape index (κ2) is 11.8. The summed E-state index contributed by atoms with van der Waals surface area (Å²) in [6.07, 6.45) is 0. The van der Waals surface area contributed by atoms with Crippen LogP contribution in [-0.2, 0) is 5.41 Å². The van der Waals surface area contributed by atoms with Gasteiger partial charge in [0.2, 0.25) is 0 Å². The first-order valence-corrected chi connectivity index (χ1v) is 18.2. The highest BCUT2D eigenvalue weighted by atomic mass is 15.1. The molecule has 0 heterocycles. The van der Waals surface area contributed by atoms with Crippen LogP contribution in [0, 0.1) is 0 Å². The van der Waals surface area contributed by atoms with Crippen molar-refractivity contribution in [3.63, 3.8) is 0 Å². The third kappa shape index (κ3) is 4.77. The molecule has 0 bridgehead atoms. The molecule has 0 saturated heterocycles. The molecule has 0 amide bonds. The van der Waals surface area contributed by atoms with E-state index < -0.39 is 0 Å². The van der Waals surface area contributed by atoms with Crippen LogP contribution in [0.3, 0.4) is 0 Å². The van der Waals surface area contributed by atoms with Crippen LogP contribution in [0.2, 0.25) is 0 Å². The molecule has 0 saturated carbocycles. The van der Waals surface area contributed by atoms with Crippen molar-refractivity contribution < 1.29 is 0 Å². The predicted molar refractivity (Wildman–Crippen MR) is 222 cm³/mol. The minimum absolute atomic E-state index is 0.0871. The lowest BCUT2D eigenvalue weighted by Crippen LogP contribution is -2.15. The van der Waals surface area contributed by atoms with E-state index in [2.05, 4.69) is 207 Å². The Kier molecular flexibility index (Phi) is 6.91. The monoisotopic (exact) mass is 663 g/mol. The van der Waals surface area contributed by atoms with Crippen LogP contribution in [0.15, 0.2) is 188 Å². The molecule has 0 atom stereocenters. The SMILES string of the molecule is CC1(C)c2ccc(N(c3ccc(-c4cccc5cccc(-c6ccccc6)c45)cc3)c3cccc4ccccc34)cc2-c2cc3ccccc3cc21. The largest absolute Gasteiger partial charge is 0.310 e. The molecule has 9 aromatic rings. The van der Waals surface area contributed by atoms with Crippen LogP contribution in [0.1, 0.15) is 25.0 Å². The fourth-order valence-electron chi connectivity index (χ4n) is 8.62. The Morgan fingerprint density at radius 1 is 0.365 bits per heavy atom. The summed E-state index contributed by atoms with van der Waals surface area (Å²) in [5.41, 5.74) is 13.7. The van der Waals surface area contributed by atoms with E-state index in [1.54, 1.807) is 0 Å². The average Bonchev–Trinajstić information content (AvgIpc) is 3.41. The lowest BCUT2D eigenvalue weighted by atomic mass is 9.82. The molecular formula is C51H37N. The van der Waals surface area contributed by atoms with Gasteiger partial charge in [0, 0.05) is 22.2 Å². The highest BCUT2D eigenvalue weighted by molar-refractivity contribution is 6.07. The van der Waals surface area contributed by atoms with Crippen molar-refractivity contribution in [2.75, 3.05) is 4.90 Å². The van der Waals surface area contributed by atoms with Crippen LogP contribution in [0.4, 0.5) is 17.1 Å². The molecule has 1 aliphatic rings. The van der Waals surface area contributed by atoms with Gasteiger partial charge in [-0.3, -0.25) is 0 Å². The van der Waals surface area contributed by atoms with Crippen molar-refractivity contribution in [3.8, 4) is 33.4 Å². The number of rotatable bonds is 5. The van der Waals surface area contributed by atoms with Crippen molar-refractivity contribution in [1.29, 1.82) is 0 Å². The van der Waals surface area contributed by atoms with Crippen molar-refractivity contribution >= 4 is 49.4 Å². The molecule has 1 heteroatoms. The van der Waals surface area contributed by atoms with E-state index in [4.69, 9.17) is 0 Å². The van der Waals surface area contributed by atoms with E-state index >= 15 is 0 Å². The molecule has 9 aromatic carbocycles.